The number of aromatic nitrogens is 1. The van der Waals surface area contributed by atoms with E-state index in [1.54, 1.807) is 4.57 Å². The van der Waals surface area contributed by atoms with Gasteiger partial charge in [0.1, 0.15) is 0 Å². The average Bonchev–Trinajstić information content (AvgIpc) is 3.40. The first-order valence-electron chi connectivity index (χ1n) is 16.5. The van der Waals surface area contributed by atoms with Crippen molar-refractivity contribution in [1.82, 2.24) is 4.57 Å². The van der Waals surface area contributed by atoms with E-state index in [2.05, 4.69) is 87.2 Å². The van der Waals surface area contributed by atoms with Crippen molar-refractivity contribution < 1.29 is 14.7 Å². The van der Waals surface area contributed by atoms with Gasteiger partial charge in [-0.25, -0.2) is 0 Å². The van der Waals surface area contributed by atoms with Gasteiger partial charge >= 0.3 is 5.97 Å². The summed E-state index contributed by atoms with van der Waals surface area (Å²) in [7, 11) is 0. The molecule has 5 aromatic rings. The maximum atomic E-state index is 14.0. The molecule has 0 aliphatic heterocycles. The lowest BCUT2D eigenvalue weighted by atomic mass is 10.0. The third kappa shape index (κ3) is 8.54. The number of hydrogen-bond acceptors (Lipinski definition) is 3. The van der Waals surface area contributed by atoms with Crippen LogP contribution < -0.4 is 4.90 Å². The second kappa shape index (κ2) is 15.1. The van der Waals surface area contributed by atoms with Crippen LogP contribution in [0.25, 0.3) is 10.9 Å². The molecule has 0 aliphatic carbocycles. The molecule has 46 heavy (non-hydrogen) atoms. The van der Waals surface area contributed by atoms with E-state index in [4.69, 9.17) is 5.11 Å². The fraction of sp³-hybridized carbons (Fsp3) is 0.317. The van der Waals surface area contributed by atoms with Gasteiger partial charge < -0.3 is 10.0 Å². The van der Waals surface area contributed by atoms with Crippen molar-refractivity contribution in [2.45, 2.75) is 72.9 Å². The van der Waals surface area contributed by atoms with Gasteiger partial charge in [0, 0.05) is 42.3 Å². The Labute approximate surface area is 273 Å². The van der Waals surface area contributed by atoms with Crippen LogP contribution in [0.2, 0.25) is 0 Å². The molecule has 1 N–H and O–H groups in total. The van der Waals surface area contributed by atoms with E-state index in [1.807, 2.05) is 48.7 Å². The lowest BCUT2D eigenvalue weighted by molar-refractivity contribution is -0.137. The molecule has 5 nitrogen and oxygen atoms in total. The first-order valence-corrected chi connectivity index (χ1v) is 16.5. The van der Waals surface area contributed by atoms with Crippen LogP contribution in [0, 0.1) is 11.8 Å². The molecule has 0 fully saturated rings. The van der Waals surface area contributed by atoms with E-state index in [0.29, 0.717) is 43.3 Å². The van der Waals surface area contributed by atoms with Gasteiger partial charge in [0.2, 0.25) is 0 Å². The summed E-state index contributed by atoms with van der Waals surface area (Å²) in [5.74, 6) is 0.316. The van der Waals surface area contributed by atoms with Crippen molar-refractivity contribution in [2.24, 2.45) is 11.8 Å². The molecule has 0 amide bonds. The normalized spacial score (nSPS) is 11.4. The van der Waals surface area contributed by atoms with Crippen LogP contribution >= 0.6 is 0 Å². The van der Waals surface area contributed by atoms with Crippen LogP contribution in [0.1, 0.15) is 78.7 Å². The minimum atomic E-state index is -0.806. The summed E-state index contributed by atoms with van der Waals surface area (Å²) in [6.07, 6.45) is 5.24. The standard InChI is InChI=1S/C41H46N2O3/c1-29(2)23-31-15-19-33(20-16-31)26-42(27-34-21-17-32(18-22-34)24-30(3)4)37-11-7-9-35(25-37)41(46)43-28-36(10-8-14-40(44)45)38-12-5-6-13-39(38)43/h5-7,9,11-13,15-22,25,28-30H,8,10,14,23-24,26-27H2,1-4H3,(H,44,45). The monoisotopic (exact) mass is 614 g/mol. The smallest absolute Gasteiger partial charge is 0.303 e. The molecule has 0 radical (unpaired) electrons. The number of para-hydroxylation sites is 1. The van der Waals surface area contributed by atoms with Crippen molar-refractivity contribution in [3.05, 3.63) is 137 Å². The molecule has 5 rings (SSSR count). The molecule has 4 aromatic carbocycles. The molecule has 0 atom stereocenters. The third-order valence-corrected chi connectivity index (χ3v) is 8.39. The van der Waals surface area contributed by atoms with Crippen LogP contribution in [0.3, 0.4) is 0 Å². The first-order chi connectivity index (χ1) is 22.2. The highest BCUT2D eigenvalue weighted by molar-refractivity contribution is 6.03. The molecule has 0 aliphatic rings. The first kappa shape index (κ1) is 32.7. The van der Waals surface area contributed by atoms with E-state index in [1.165, 1.54) is 22.3 Å². The number of aryl methyl sites for hydroxylation is 1. The Balaban J connectivity index is 1.44. The predicted molar refractivity (Wildman–Crippen MR) is 189 cm³/mol. The summed E-state index contributed by atoms with van der Waals surface area (Å²) in [5.41, 5.74) is 8.57. The number of carbonyl (C=O) groups excluding carboxylic acids is 1. The Morgan fingerprint density at radius 3 is 1.85 bits per heavy atom. The Kier molecular flexibility index (Phi) is 10.7. The van der Waals surface area contributed by atoms with Crippen LogP contribution in [0.5, 0.6) is 0 Å². The molecule has 1 heterocycles. The zero-order valence-electron chi connectivity index (χ0n) is 27.6. The predicted octanol–water partition coefficient (Wildman–Crippen LogP) is 9.34. The van der Waals surface area contributed by atoms with E-state index in [-0.39, 0.29) is 12.3 Å². The number of anilines is 1. The topological polar surface area (TPSA) is 62.5 Å². The molecule has 0 saturated carbocycles. The van der Waals surface area contributed by atoms with E-state index < -0.39 is 5.97 Å². The fourth-order valence-corrected chi connectivity index (χ4v) is 6.21. The zero-order valence-corrected chi connectivity index (χ0v) is 27.6. The summed E-state index contributed by atoms with van der Waals surface area (Å²) in [6.45, 7) is 10.4. The highest BCUT2D eigenvalue weighted by Crippen LogP contribution is 2.27. The van der Waals surface area contributed by atoms with Gasteiger partial charge in [0.25, 0.3) is 5.91 Å². The Hall–Kier alpha value is -4.64. The lowest BCUT2D eigenvalue weighted by Gasteiger charge is -2.26. The Bertz CT molecular complexity index is 1710. The second-order valence-corrected chi connectivity index (χ2v) is 13.3. The molecule has 0 saturated heterocycles. The molecular formula is C41H46N2O3. The maximum absolute atomic E-state index is 14.0. The van der Waals surface area contributed by atoms with Gasteiger partial charge in [0.15, 0.2) is 0 Å². The van der Waals surface area contributed by atoms with E-state index in [9.17, 15) is 9.59 Å². The second-order valence-electron chi connectivity index (χ2n) is 13.3. The molecule has 5 heteroatoms. The Morgan fingerprint density at radius 2 is 1.28 bits per heavy atom. The van der Waals surface area contributed by atoms with Crippen molar-refractivity contribution in [3.8, 4) is 0 Å². The number of nitrogens with zero attached hydrogens (tertiary/aromatic N) is 2. The maximum Gasteiger partial charge on any atom is 0.303 e. The average molecular weight is 615 g/mol. The van der Waals surface area contributed by atoms with Gasteiger partial charge in [-0.15, -0.1) is 0 Å². The molecule has 0 spiro atoms. The fourth-order valence-electron chi connectivity index (χ4n) is 6.21. The van der Waals surface area contributed by atoms with Crippen LogP contribution in [-0.4, -0.2) is 21.6 Å². The van der Waals surface area contributed by atoms with E-state index in [0.717, 1.165) is 35.0 Å². The highest BCUT2D eigenvalue weighted by Gasteiger charge is 2.18. The van der Waals surface area contributed by atoms with Gasteiger partial charge in [0.05, 0.1) is 5.52 Å². The molecule has 238 valence electrons. The molecule has 0 unspecified atom stereocenters. The van der Waals surface area contributed by atoms with Crippen molar-refractivity contribution in [2.75, 3.05) is 4.90 Å². The number of fused-ring (bicyclic) bond motifs is 1. The SMILES string of the molecule is CC(C)Cc1ccc(CN(Cc2ccc(CC(C)C)cc2)c2cccc(C(=O)n3cc(CCCC(=O)O)c4ccccc43)c2)cc1. The van der Waals surface area contributed by atoms with Crippen molar-refractivity contribution >= 4 is 28.5 Å². The van der Waals surface area contributed by atoms with E-state index >= 15 is 0 Å². The number of aliphatic carboxylic acids is 1. The molecule has 1 aromatic heterocycles. The number of rotatable bonds is 14. The summed E-state index contributed by atoms with van der Waals surface area (Å²) >= 11 is 0. The van der Waals surface area contributed by atoms with Crippen LogP contribution in [-0.2, 0) is 37.1 Å². The summed E-state index contributed by atoms with van der Waals surface area (Å²) in [5, 5.41) is 10.1. The zero-order chi connectivity index (χ0) is 32.6. The summed E-state index contributed by atoms with van der Waals surface area (Å²) in [6, 6.07) is 33.6. The number of hydrogen-bond donors (Lipinski definition) is 1. The van der Waals surface area contributed by atoms with Crippen molar-refractivity contribution in [3.63, 3.8) is 0 Å². The Morgan fingerprint density at radius 1 is 0.717 bits per heavy atom. The number of carbonyl (C=O) groups is 2. The van der Waals surface area contributed by atoms with Gasteiger partial charge in [-0.1, -0.05) is 100 Å². The summed E-state index contributed by atoms with van der Waals surface area (Å²) in [4.78, 5) is 27.5. The largest absolute Gasteiger partial charge is 0.481 e. The third-order valence-electron chi connectivity index (χ3n) is 8.39. The number of carboxylic acids is 1. The minimum absolute atomic E-state index is 0.0986. The number of carboxylic acid groups (broad SMARTS) is 1. The highest BCUT2D eigenvalue weighted by atomic mass is 16.4. The molecule has 0 bridgehead atoms. The number of benzene rings is 4. The molecular weight excluding hydrogens is 568 g/mol. The van der Waals surface area contributed by atoms with Crippen LogP contribution in [0.4, 0.5) is 5.69 Å². The lowest BCUT2D eigenvalue weighted by Crippen LogP contribution is -2.23. The van der Waals surface area contributed by atoms with Gasteiger partial charge in [-0.3, -0.25) is 14.2 Å². The summed E-state index contributed by atoms with van der Waals surface area (Å²) < 4.78 is 1.72. The van der Waals surface area contributed by atoms with Crippen molar-refractivity contribution in [1.29, 1.82) is 0 Å². The van der Waals surface area contributed by atoms with Gasteiger partial charge in [-0.2, -0.15) is 0 Å². The quantitative estimate of drug-likeness (QED) is 0.135. The van der Waals surface area contributed by atoms with Crippen LogP contribution in [0.15, 0.2) is 103 Å². The minimum Gasteiger partial charge on any atom is -0.481 e. The van der Waals surface area contributed by atoms with Gasteiger partial charge in [-0.05, 0) is 89.6 Å².